The van der Waals surface area contributed by atoms with Crippen LogP contribution in [-0.2, 0) is 0 Å². The Labute approximate surface area is 183 Å². The van der Waals surface area contributed by atoms with Crippen LogP contribution in [0.1, 0.15) is 0 Å². The van der Waals surface area contributed by atoms with E-state index < -0.39 is 0 Å². The molecule has 0 saturated heterocycles. The zero-order valence-corrected chi connectivity index (χ0v) is 16.9. The largest absolute Gasteiger partial charge is 0.455 e. The minimum absolute atomic E-state index is 0.316. The highest BCUT2D eigenvalue weighted by Crippen LogP contribution is 2.36. The van der Waals surface area contributed by atoms with Crippen LogP contribution in [0, 0.1) is 5.82 Å². The van der Waals surface area contributed by atoms with Crippen molar-refractivity contribution in [1.82, 2.24) is 15.0 Å². The maximum absolute atomic E-state index is 14.6. The molecule has 0 saturated carbocycles. The summed E-state index contributed by atoms with van der Waals surface area (Å²) >= 11 is 0. The molecule has 0 aliphatic carbocycles. The fourth-order valence-corrected chi connectivity index (χ4v) is 3.91. The third-order valence-corrected chi connectivity index (χ3v) is 5.41. The number of rotatable bonds is 3. The first-order valence-electron chi connectivity index (χ1n) is 10.2. The van der Waals surface area contributed by atoms with Crippen LogP contribution in [0.3, 0.4) is 0 Å². The van der Waals surface area contributed by atoms with E-state index in [0.717, 1.165) is 11.1 Å². The fraction of sp³-hybridized carbons (Fsp3) is 0. The van der Waals surface area contributed by atoms with E-state index in [1.165, 1.54) is 6.07 Å². The first-order valence-corrected chi connectivity index (χ1v) is 10.2. The van der Waals surface area contributed by atoms with Crippen molar-refractivity contribution in [2.45, 2.75) is 0 Å². The molecule has 32 heavy (non-hydrogen) atoms. The summed E-state index contributed by atoms with van der Waals surface area (Å²) in [6, 6.07) is 30.0. The van der Waals surface area contributed by atoms with Gasteiger partial charge >= 0.3 is 0 Å². The highest BCUT2D eigenvalue weighted by molar-refractivity contribution is 6.09. The molecule has 0 radical (unpaired) electrons. The van der Waals surface area contributed by atoms with Crippen LogP contribution in [0.4, 0.5) is 4.39 Å². The normalized spacial score (nSPS) is 11.3. The Morgan fingerprint density at radius 3 is 1.81 bits per heavy atom. The van der Waals surface area contributed by atoms with Gasteiger partial charge in [0.25, 0.3) is 0 Å². The molecule has 5 heteroatoms. The van der Waals surface area contributed by atoms with Crippen LogP contribution >= 0.6 is 0 Å². The smallest absolute Gasteiger partial charge is 0.167 e. The molecule has 0 aliphatic heterocycles. The molecule has 0 amide bonds. The Morgan fingerprint density at radius 2 is 1.16 bits per heavy atom. The van der Waals surface area contributed by atoms with Gasteiger partial charge in [-0.05, 0) is 18.2 Å². The monoisotopic (exact) mass is 417 g/mol. The number of fused-ring (bicyclic) bond motifs is 3. The standard InChI is InChI=1S/C27H16FN3O/c28-21-15-8-16-22-23(21)19-13-7-14-20(24(19)32-22)27-30-25(17-9-3-1-4-10-17)29-26(31-27)18-11-5-2-6-12-18/h1-16H. The maximum atomic E-state index is 14.6. The SMILES string of the molecule is Fc1cccc2oc3c(-c4nc(-c5ccccc5)nc(-c5ccccc5)n4)cccc3c12. The van der Waals surface area contributed by atoms with Crippen molar-refractivity contribution >= 4 is 21.9 Å². The van der Waals surface area contributed by atoms with E-state index >= 15 is 0 Å². The van der Waals surface area contributed by atoms with Crippen molar-refractivity contribution in [3.05, 3.63) is 103 Å². The topological polar surface area (TPSA) is 51.8 Å². The third kappa shape index (κ3) is 3.03. The van der Waals surface area contributed by atoms with Crippen LogP contribution in [0.25, 0.3) is 56.1 Å². The summed E-state index contributed by atoms with van der Waals surface area (Å²) < 4.78 is 20.6. The highest BCUT2D eigenvalue weighted by atomic mass is 19.1. The van der Waals surface area contributed by atoms with E-state index in [2.05, 4.69) is 0 Å². The van der Waals surface area contributed by atoms with Gasteiger partial charge in [-0.2, -0.15) is 0 Å². The van der Waals surface area contributed by atoms with Gasteiger partial charge in [-0.25, -0.2) is 19.3 Å². The lowest BCUT2D eigenvalue weighted by atomic mass is 10.1. The average molecular weight is 417 g/mol. The number of hydrogen-bond donors (Lipinski definition) is 0. The predicted molar refractivity (Wildman–Crippen MR) is 123 cm³/mol. The van der Waals surface area contributed by atoms with Crippen molar-refractivity contribution < 1.29 is 8.81 Å². The number of benzene rings is 4. The zero-order chi connectivity index (χ0) is 21.5. The summed E-state index contributed by atoms with van der Waals surface area (Å²) in [7, 11) is 0. The molecule has 2 aromatic heterocycles. The van der Waals surface area contributed by atoms with Crippen LogP contribution in [0.2, 0.25) is 0 Å². The van der Waals surface area contributed by atoms with Gasteiger partial charge in [-0.15, -0.1) is 0 Å². The van der Waals surface area contributed by atoms with E-state index in [1.807, 2.05) is 78.9 Å². The lowest BCUT2D eigenvalue weighted by Crippen LogP contribution is -2.00. The van der Waals surface area contributed by atoms with E-state index in [-0.39, 0.29) is 5.82 Å². The van der Waals surface area contributed by atoms with E-state index in [9.17, 15) is 4.39 Å². The van der Waals surface area contributed by atoms with Crippen LogP contribution < -0.4 is 0 Å². The van der Waals surface area contributed by atoms with E-state index in [0.29, 0.717) is 45.0 Å². The molecule has 4 aromatic carbocycles. The Bertz CT molecular complexity index is 1520. The Morgan fingerprint density at radius 1 is 0.562 bits per heavy atom. The second-order valence-electron chi connectivity index (χ2n) is 7.44. The van der Waals surface area contributed by atoms with Gasteiger partial charge in [0.15, 0.2) is 17.5 Å². The molecule has 0 N–H and O–H groups in total. The van der Waals surface area contributed by atoms with Crippen LogP contribution in [0.15, 0.2) is 101 Å². The second kappa shape index (κ2) is 7.39. The molecule has 0 fully saturated rings. The van der Waals surface area contributed by atoms with Gasteiger partial charge in [0.1, 0.15) is 17.0 Å². The lowest BCUT2D eigenvalue weighted by molar-refractivity contribution is 0.634. The molecular weight excluding hydrogens is 401 g/mol. The van der Waals surface area contributed by atoms with Crippen LogP contribution in [0.5, 0.6) is 0 Å². The Hall–Kier alpha value is -4.38. The molecular formula is C27H16FN3O. The first kappa shape index (κ1) is 18.4. The third-order valence-electron chi connectivity index (χ3n) is 5.41. The number of halogens is 1. The summed E-state index contributed by atoms with van der Waals surface area (Å²) in [5.41, 5.74) is 3.51. The molecule has 0 spiro atoms. The van der Waals surface area contributed by atoms with E-state index in [4.69, 9.17) is 19.4 Å². The van der Waals surface area contributed by atoms with Gasteiger partial charge in [0.2, 0.25) is 0 Å². The molecule has 0 atom stereocenters. The maximum Gasteiger partial charge on any atom is 0.167 e. The average Bonchev–Trinajstić information content (AvgIpc) is 3.25. The van der Waals surface area contributed by atoms with Crippen molar-refractivity contribution in [2.75, 3.05) is 0 Å². The summed E-state index contributed by atoms with van der Waals surface area (Å²) in [6.45, 7) is 0. The fourth-order valence-electron chi connectivity index (χ4n) is 3.91. The number of furan rings is 1. The number of para-hydroxylation sites is 1. The molecule has 6 rings (SSSR count). The van der Waals surface area contributed by atoms with Gasteiger partial charge in [-0.3, -0.25) is 0 Å². The molecule has 4 nitrogen and oxygen atoms in total. The van der Waals surface area contributed by atoms with Crippen molar-refractivity contribution in [3.63, 3.8) is 0 Å². The summed E-state index contributed by atoms with van der Waals surface area (Å²) in [4.78, 5) is 14.3. The molecule has 0 bridgehead atoms. The number of nitrogens with zero attached hydrogens (tertiary/aromatic N) is 3. The number of aromatic nitrogens is 3. The minimum Gasteiger partial charge on any atom is -0.455 e. The number of hydrogen-bond acceptors (Lipinski definition) is 4. The van der Waals surface area contributed by atoms with Crippen molar-refractivity contribution in [1.29, 1.82) is 0 Å². The van der Waals surface area contributed by atoms with E-state index in [1.54, 1.807) is 12.1 Å². The quantitative estimate of drug-likeness (QED) is 0.314. The van der Waals surface area contributed by atoms with Crippen molar-refractivity contribution in [2.24, 2.45) is 0 Å². The highest BCUT2D eigenvalue weighted by Gasteiger charge is 2.18. The van der Waals surface area contributed by atoms with Crippen molar-refractivity contribution in [3.8, 4) is 34.2 Å². The molecule has 0 unspecified atom stereocenters. The summed E-state index contributed by atoms with van der Waals surface area (Å²) in [5.74, 6) is 1.29. The van der Waals surface area contributed by atoms with Gasteiger partial charge < -0.3 is 4.42 Å². The van der Waals surface area contributed by atoms with Gasteiger partial charge in [0.05, 0.1) is 10.9 Å². The molecule has 152 valence electrons. The summed E-state index contributed by atoms with van der Waals surface area (Å²) in [5, 5.41) is 1.16. The second-order valence-corrected chi connectivity index (χ2v) is 7.44. The first-order chi connectivity index (χ1) is 15.8. The minimum atomic E-state index is -0.316. The Kier molecular flexibility index (Phi) is 4.25. The molecule has 2 heterocycles. The summed E-state index contributed by atoms with van der Waals surface area (Å²) in [6.07, 6.45) is 0. The Balaban J connectivity index is 1.64. The lowest BCUT2D eigenvalue weighted by Gasteiger charge is -2.08. The molecule has 6 aromatic rings. The van der Waals surface area contributed by atoms with Crippen LogP contribution in [-0.4, -0.2) is 15.0 Å². The predicted octanol–water partition coefficient (Wildman–Crippen LogP) is 6.91. The molecule has 0 aliphatic rings. The zero-order valence-electron chi connectivity index (χ0n) is 16.9. The van der Waals surface area contributed by atoms with Gasteiger partial charge in [-0.1, -0.05) is 78.9 Å². The van der Waals surface area contributed by atoms with Gasteiger partial charge in [0, 0.05) is 16.5 Å².